The molecule has 0 saturated carbocycles. The lowest BCUT2D eigenvalue weighted by Crippen LogP contribution is -2.26. The lowest BCUT2D eigenvalue weighted by Gasteiger charge is -2.18. The molecule has 0 atom stereocenters. The van der Waals surface area contributed by atoms with Crippen LogP contribution in [0.25, 0.3) is 0 Å². The van der Waals surface area contributed by atoms with E-state index in [0.717, 1.165) is 5.56 Å². The first-order chi connectivity index (χ1) is 7.33. The third kappa shape index (κ3) is 2.82. The second kappa shape index (κ2) is 4.35. The van der Waals surface area contributed by atoms with Gasteiger partial charge in [-0.15, -0.1) is 0 Å². The van der Waals surface area contributed by atoms with E-state index in [0.29, 0.717) is 6.42 Å². The van der Waals surface area contributed by atoms with E-state index < -0.39 is 17.4 Å². The fraction of sp³-hybridized carbons (Fsp3) is 0.333. The fourth-order valence-electron chi connectivity index (χ4n) is 1.35. The van der Waals surface area contributed by atoms with Crippen molar-refractivity contribution >= 4 is 11.9 Å². The number of carboxylic acid groups (broad SMARTS) is 2. The molecule has 1 aromatic rings. The van der Waals surface area contributed by atoms with Crippen molar-refractivity contribution in [2.24, 2.45) is 5.41 Å². The van der Waals surface area contributed by atoms with Gasteiger partial charge in [-0.2, -0.15) is 0 Å². The summed E-state index contributed by atoms with van der Waals surface area (Å²) < 4.78 is 0. The molecule has 0 unspecified atom stereocenters. The van der Waals surface area contributed by atoms with E-state index in [1.807, 2.05) is 0 Å². The first kappa shape index (κ1) is 12.2. The average molecular weight is 222 g/mol. The molecule has 0 bridgehead atoms. The van der Waals surface area contributed by atoms with Crippen LogP contribution in [0.1, 0.15) is 29.8 Å². The number of hydrogen-bond acceptors (Lipinski definition) is 2. The van der Waals surface area contributed by atoms with Crippen LogP contribution in [-0.4, -0.2) is 22.2 Å². The number of hydrogen-bond donors (Lipinski definition) is 2. The Bertz CT molecular complexity index is 404. The Hall–Kier alpha value is -1.84. The smallest absolute Gasteiger partial charge is 0.335 e. The van der Waals surface area contributed by atoms with Crippen LogP contribution in [-0.2, 0) is 11.2 Å². The van der Waals surface area contributed by atoms with Crippen molar-refractivity contribution in [3.63, 3.8) is 0 Å². The first-order valence-electron chi connectivity index (χ1n) is 4.88. The SMILES string of the molecule is CC(C)(Cc1ccc(C(=O)O)cc1)C(=O)O. The van der Waals surface area contributed by atoms with Crippen LogP contribution in [0.4, 0.5) is 0 Å². The van der Waals surface area contributed by atoms with Gasteiger partial charge in [0, 0.05) is 0 Å². The summed E-state index contributed by atoms with van der Waals surface area (Å²) in [4.78, 5) is 21.5. The molecule has 0 spiro atoms. The fourth-order valence-corrected chi connectivity index (χ4v) is 1.35. The van der Waals surface area contributed by atoms with E-state index in [9.17, 15) is 9.59 Å². The zero-order valence-corrected chi connectivity index (χ0v) is 9.23. The Labute approximate surface area is 93.5 Å². The van der Waals surface area contributed by atoms with Crippen LogP contribution < -0.4 is 0 Å². The zero-order valence-electron chi connectivity index (χ0n) is 9.23. The lowest BCUT2D eigenvalue weighted by molar-refractivity contribution is -0.146. The second-order valence-corrected chi connectivity index (χ2v) is 4.37. The molecule has 0 fully saturated rings. The summed E-state index contributed by atoms with van der Waals surface area (Å²) in [6.07, 6.45) is 0.377. The number of carbonyl (C=O) groups is 2. The Morgan fingerprint density at radius 2 is 1.62 bits per heavy atom. The summed E-state index contributed by atoms with van der Waals surface area (Å²) in [6, 6.07) is 6.26. The van der Waals surface area contributed by atoms with Crippen LogP contribution in [0.15, 0.2) is 24.3 Å². The van der Waals surface area contributed by atoms with Crippen LogP contribution in [0.2, 0.25) is 0 Å². The number of aromatic carboxylic acids is 1. The minimum Gasteiger partial charge on any atom is -0.481 e. The summed E-state index contributed by atoms with van der Waals surface area (Å²) in [5.74, 6) is -1.85. The molecule has 0 aliphatic rings. The molecule has 16 heavy (non-hydrogen) atoms. The Kier molecular flexibility index (Phi) is 3.32. The summed E-state index contributed by atoms with van der Waals surface area (Å²) in [5.41, 5.74) is 0.180. The van der Waals surface area contributed by atoms with Gasteiger partial charge in [-0.25, -0.2) is 4.79 Å². The normalized spacial score (nSPS) is 11.1. The third-order valence-electron chi connectivity index (χ3n) is 2.43. The highest BCUT2D eigenvalue weighted by atomic mass is 16.4. The topological polar surface area (TPSA) is 74.6 Å². The van der Waals surface area contributed by atoms with Gasteiger partial charge in [0.15, 0.2) is 0 Å². The maximum absolute atomic E-state index is 10.9. The molecule has 86 valence electrons. The van der Waals surface area contributed by atoms with E-state index in [-0.39, 0.29) is 5.56 Å². The van der Waals surface area contributed by atoms with Gasteiger partial charge in [-0.3, -0.25) is 4.79 Å². The van der Waals surface area contributed by atoms with Gasteiger partial charge in [0.2, 0.25) is 0 Å². The number of benzene rings is 1. The van der Waals surface area contributed by atoms with E-state index in [4.69, 9.17) is 10.2 Å². The monoisotopic (exact) mass is 222 g/mol. The Morgan fingerprint density at radius 1 is 1.12 bits per heavy atom. The molecule has 2 N–H and O–H groups in total. The number of rotatable bonds is 4. The van der Waals surface area contributed by atoms with Gasteiger partial charge in [0.25, 0.3) is 0 Å². The summed E-state index contributed by atoms with van der Waals surface area (Å²) in [7, 11) is 0. The molecule has 0 amide bonds. The van der Waals surface area contributed by atoms with Crippen molar-refractivity contribution in [3.8, 4) is 0 Å². The van der Waals surface area contributed by atoms with Gasteiger partial charge in [-0.05, 0) is 38.0 Å². The molecule has 0 saturated heterocycles. The summed E-state index contributed by atoms with van der Waals surface area (Å²) >= 11 is 0. The highest BCUT2D eigenvalue weighted by molar-refractivity contribution is 5.87. The van der Waals surface area contributed by atoms with E-state index in [1.165, 1.54) is 12.1 Å². The quantitative estimate of drug-likeness (QED) is 0.817. The molecular weight excluding hydrogens is 208 g/mol. The standard InChI is InChI=1S/C12H14O4/c1-12(2,11(15)16)7-8-3-5-9(6-4-8)10(13)14/h3-6H,7H2,1-2H3,(H,13,14)(H,15,16). The van der Waals surface area contributed by atoms with Crippen molar-refractivity contribution in [1.29, 1.82) is 0 Å². The van der Waals surface area contributed by atoms with Crippen LogP contribution >= 0.6 is 0 Å². The van der Waals surface area contributed by atoms with Gasteiger partial charge in [-0.1, -0.05) is 12.1 Å². The predicted molar refractivity (Wildman–Crippen MR) is 58.5 cm³/mol. The van der Waals surface area contributed by atoms with Crippen molar-refractivity contribution in [2.45, 2.75) is 20.3 Å². The van der Waals surface area contributed by atoms with Crippen molar-refractivity contribution in [1.82, 2.24) is 0 Å². The Morgan fingerprint density at radius 3 is 2.00 bits per heavy atom. The molecule has 0 aliphatic heterocycles. The first-order valence-corrected chi connectivity index (χ1v) is 4.88. The summed E-state index contributed by atoms with van der Waals surface area (Å²) in [6.45, 7) is 3.28. The molecule has 0 heterocycles. The van der Waals surface area contributed by atoms with Crippen molar-refractivity contribution in [3.05, 3.63) is 35.4 Å². The second-order valence-electron chi connectivity index (χ2n) is 4.37. The Balaban J connectivity index is 2.84. The predicted octanol–water partition coefficient (Wildman–Crippen LogP) is 2.04. The molecule has 4 nitrogen and oxygen atoms in total. The van der Waals surface area contributed by atoms with Crippen LogP contribution in [0, 0.1) is 5.41 Å². The molecule has 0 radical (unpaired) electrons. The molecule has 1 aromatic carbocycles. The van der Waals surface area contributed by atoms with E-state index >= 15 is 0 Å². The number of aliphatic carboxylic acids is 1. The molecular formula is C12H14O4. The molecule has 4 heteroatoms. The van der Waals surface area contributed by atoms with Gasteiger partial charge in [0.1, 0.15) is 0 Å². The van der Waals surface area contributed by atoms with Crippen LogP contribution in [0.3, 0.4) is 0 Å². The molecule has 0 aromatic heterocycles. The van der Waals surface area contributed by atoms with Gasteiger partial charge in [0.05, 0.1) is 11.0 Å². The lowest BCUT2D eigenvalue weighted by atomic mass is 9.86. The van der Waals surface area contributed by atoms with Crippen molar-refractivity contribution < 1.29 is 19.8 Å². The van der Waals surface area contributed by atoms with Crippen LogP contribution in [0.5, 0.6) is 0 Å². The highest BCUT2D eigenvalue weighted by Gasteiger charge is 2.27. The molecule has 1 rings (SSSR count). The zero-order chi connectivity index (χ0) is 12.3. The minimum atomic E-state index is -0.982. The maximum Gasteiger partial charge on any atom is 0.335 e. The molecule has 0 aliphatic carbocycles. The van der Waals surface area contributed by atoms with E-state index in [2.05, 4.69) is 0 Å². The number of carboxylic acids is 2. The average Bonchev–Trinajstić information content (AvgIpc) is 2.17. The van der Waals surface area contributed by atoms with Gasteiger partial charge < -0.3 is 10.2 Å². The summed E-state index contributed by atoms with van der Waals surface area (Å²) in [5, 5.41) is 17.7. The van der Waals surface area contributed by atoms with Gasteiger partial charge >= 0.3 is 11.9 Å². The minimum absolute atomic E-state index is 0.205. The maximum atomic E-state index is 10.9. The van der Waals surface area contributed by atoms with Crippen molar-refractivity contribution in [2.75, 3.05) is 0 Å². The largest absolute Gasteiger partial charge is 0.481 e. The van der Waals surface area contributed by atoms with E-state index in [1.54, 1.807) is 26.0 Å². The third-order valence-corrected chi connectivity index (χ3v) is 2.43. The highest BCUT2D eigenvalue weighted by Crippen LogP contribution is 2.22.